The highest BCUT2D eigenvalue weighted by molar-refractivity contribution is 8.00. The first-order chi connectivity index (χ1) is 8.15. The van der Waals surface area contributed by atoms with E-state index in [0.29, 0.717) is 17.4 Å². The minimum absolute atomic E-state index is 0.0462. The van der Waals surface area contributed by atoms with Gasteiger partial charge in [-0.05, 0) is 18.6 Å². The van der Waals surface area contributed by atoms with Crippen molar-refractivity contribution in [2.24, 2.45) is 5.92 Å². The molecule has 0 aliphatic carbocycles. The van der Waals surface area contributed by atoms with Gasteiger partial charge in [-0.15, -0.1) is 11.8 Å². The number of ether oxygens (including phenoxy) is 1. The van der Waals surface area contributed by atoms with E-state index in [4.69, 9.17) is 16.3 Å². The molecular weight excluding hydrogens is 256 g/mol. The molecule has 0 bridgehead atoms. The summed E-state index contributed by atoms with van der Waals surface area (Å²) in [5.74, 6) is 0.756. The Bertz CT molecular complexity index is 368. The fourth-order valence-corrected chi connectivity index (χ4v) is 2.57. The van der Waals surface area contributed by atoms with Crippen LogP contribution in [0, 0.1) is 5.92 Å². The summed E-state index contributed by atoms with van der Waals surface area (Å²) >= 11 is 7.51. The van der Waals surface area contributed by atoms with Gasteiger partial charge in [0.1, 0.15) is 5.78 Å². The molecule has 0 saturated carbocycles. The number of hydrogen-bond acceptors (Lipinski definition) is 3. The molecule has 1 aromatic carbocycles. The van der Waals surface area contributed by atoms with E-state index in [-0.39, 0.29) is 11.7 Å². The van der Waals surface area contributed by atoms with Crippen LogP contribution in [-0.2, 0) is 9.53 Å². The van der Waals surface area contributed by atoms with Crippen LogP contribution in [0.3, 0.4) is 0 Å². The van der Waals surface area contributed by atoms with Crippen LogP contribution in [0.2, 0.25) is 5.02 Å². The quantitative estimate of drug-likeness (QED) is 0.709. The number of thioether (sulfide) groups is 1. The minimum Gasteiger partial charge on any atom is -0.385 e. The number of ketones is 1. The molecule has 1 aromatic rings. The summed E-state index contributed by atoms with van der Waals surface area (Å²) in [5, 5.41) is 0.704. The maximum absolute atomic E-state index is 11.8. The number of hydrogen-bond donors (Lipinski definition) is 0. The molecule has 2 nitrogen and oxygen atoms in total. The van der Waals surface area contributed by atoms with Gasteiger partial charge in [-0.2, -0.15) is 0 Å². The van der Waals surface area contributed by atoms with E-state index < -0.39 is 0 Å². The van der Waals surface area contributed by atoms with Crippen LogP contribution in [0.1, 0.15) is 13.3 Å². The Hall–Kier alpha value is -0.510. The fraction of sp³-hybridized carbons (Fsp3) is 0.462. The van der Waals surface area contributed by atoms with E-state index in [0.717, 1.165) is 11.3 Å². The van der Waals surface area contributed by atoms with Crippen molar-refractivity contribution in [3.05, 3.63) is 29.3 Å². The van der Waals surface area contributed by atoms with Crippen molar-refractivity contribution >= 4 is 29.1 Å². The monoisotopic (exact) mass is 272 g/mol. The Morgan fingerprint density at radius 3 is 2.82 bits per heavy atom. The Balaban J connectivity index is 2.40. The van der Waals surface area contributed by atoms with Crippen LogP contribution >= 0.6 is 23.4 Å². The molecule has 4 heteroatoms. The van der Waals surface area contributed by atoms with Crippen molar-refractivity contribution in [2.75, 3.05) is 19.5 Å². The average Bonchev–Trinajstić information content (AvgIpc) is 2.34. The summed E-state index contributed by atoms with van der Waals surface area (Å²) in [5.41, 5.74) is 0. The summed E-state index contributed by atoms with van der Waals surface area (Å²) in [7, 11) is 1.65. The zero-order chi connectivity index (χ0) is 12.7. The smallest absolute Gasteiger partial charge is 0.145 e. The zero-order valence-corrected chi connectivity index (χ0v) is 11.7. The topological polar surface area (TPSA) is 26.3 Å². The molecule has 1 unspecified atom stereocenters. The number of carbonyl (C=O) groups excluding carboxylic acids is 1. The predicted molar refractivity (Wildman–Crippen MR) is 72.8 cm³/mol. The molecule has 0 spiro atoms. The molecule has 1 atom stereocenters. The molecule has 0 amide bonds. The highest BCUT2D eigenvalue weighted by Gasteiger charge is 2.13. The number of carbonyl (C=O) groups is 1. The summed E-state index contributed by atoms with van der Waals surface area (Å²) in [6.45, 7) is 2.57. The van der Waals surface area contributed by atoms with E-state index in [1.54, 1.807) is 7.11 Å². The molecule has 0 N–H and O–H groups in total. The summed E-state index contributed by atoms with van der Waals surface area (Å²) < 4.78 is 4.96. The second kappa shape index (κ2) is 7.75. The number of halogens is 1. The molecule has 0 heterocycles. The van der Waals surface area contributed by atoms with Gasteiger partial charge >= 0.3 is 0 Å². The zero-order valence-electron chi connectivity index (χ0n) is 10.1. The Morgan fingerprint density at radius 1 is 1.47 bits per heavy atom. The van der Waals surface area contributed by atoms with Gasteiger partial charge in [0.05, 0.1) is 10.8 Å². The van der Waals surface area contributed by atoms with E-state index in [1.165, 1.54) is 11.8 Å². The molecule has 0 aliphatic heterocycles. The van der Waals surface area contributed by atoms with Crippen LogP contribution < -0.4 is 0 Å². The van der Waals surface area contributed by atoms with Crippen LogP contribution in [0.15, 0.2) is 29.2 Å². The van der Waals surface area contributed by atoms with Crippen LogP contribution in [-0.4, -0.2) is 25.3 Å². The number of rotatable bonds is 7. The lowest BCUT2D eigenvalue weighted by molar-refractivity contribution is -0.120. The van der Waals surface area contributed by atoms with E-state index >= 15 is 0 Å². The Labute approximate surface area is 112 Å². The first-order valence-corrected chi connectivity index (χ1v) is 6.90. The van der Waals surface area contributed by atoms with Crippen molar-refractivity contribution in [1.29, 1.82) is 0 Å². The first-order valence-electron chi connectivity index (χ1n) is 5.54. The average molecular weight is 273 g/mol. The maximum atomic E-state index is 11.8. The van der Waals surface area contributed by atoms with Gasteiger partial charge in [0.15, 0.2) is 0 Å². The third-order valence-electron chi connectivity index (χ3n) is 2.51. The maximum Gasteiger partial charge on any atom is 0.145 e. The molecule has 17 heavy (non-hydrogen) atoms. The van der Waals surface area contributed by atoms with Crippen LogP contribution in [0.25, 0.3) is 0 Å². The molecular formula is C13H17ClO2S. The second-order valence-corrected chi connectivity index (χ2v) is 5.29. The Kier molecular flexibility index (Phi) is 6.63. The lowest BCUT2D eigenvalue weighted by Gasteiger charge is -2.09. The fourth-order valence-electron chi connectivity index (χ4n) is 1.31. The van der Waals surface area contributed by atoms with E-state index in [1.807, 2.05) is 31.2 Å². The van der Waals surface area contributed by atoms with Gasteiger partial charge in [-0.3, -0.25) is 4.79 Å². The minimum atomic E-state index is 0.0462. The van der Waals surface area contributed by atoms with Gasteiger partial charge in [-0.1, -0.05) is 30.7 Å². The van der Waals surface area contributed by atoms with E-state index in [2.05, 4.69) is 0 Å². The van der Waals surface area contributed by atoms with E-state index in [9.17, 15) is 4.79 Å². The highest BCUT2D eigenvalue weighted by Crippen LogP contribution is 2.27. The van der Waals surface area contributed by atoms with Gasteiger partial charge in [0.2, 0.25) is 0 Å². The lowest BCUT2D eigenvalue weighted by Crippen LogP contribution is -2.15. The third-order valence-corrected chi connectivity index (χ3v) is 4.05. The van der Waals surface area contributed by atoms with Crippen LogP contribution in [0.5, 0.6) is 0 Å². The predicted octanol–water partition coefficient (Wildman–Crippen LogP) is 3.67. The number of methoxy groups -OCH3 is 1. The molecule has 1 rings (SSSR count). The standard InChI is InChI=1S/C13H17ClO2S/c1-10(7-8-16-2)12(15)9-17-13-6-4-3-5-11(13)14/h3-6,10H,7-9H2,1-2H3. The summed E-state index contributed by atoms with van der Waals surface area (Å²) in [6.07, 6.45) is 0.776. The second-order valence-electron chi connectivity index (χ2n) is 3.87. The molecule has 0 aliphatic rings. The SMILES string of the molecule is COCCC(C)C(=O)CSc1ccccc1Cl. The molecule has 94 valence electrons. The summed E-state index contributed by atoms with van der Waals surface area (Å²) in [6, 6.07) is 7.57. The van der Waals surface area contributed by atoms with Crippen molar-refractivity contribution in [3.63, 3.8) is 0 Å². The molecule has 0 fully saturated rings. The van der Waals surface area contributed by atoms with Crippen molar-refractivity contribution in [2.45, 2.75) is 18.2 Å². The van der Waals surface area contributed by atoms with Gasteiger partial charge < -0.3 is 4.74 Å². The lowest BCUT2D eigenvalue weighted by atomic mass is 10.1. The molecule has 0 aromatic heterocycles. The first kappa shape index (κ1) is 14.6. The third kappa shape index (κ3) is 5.11. The van der Waals surface area contributed by atoms with Crippen molar-refractivity contribution in [3.8, 4) is 0 Å². The summed E-state index contributed by atoms with van der Waals surface area (Å²) in [4.78, 5) is 12.8. The van der Waals surface area contributed by atoms with Crippen molar-refractivity contribution in [1.82, 2.24) is 0 Å². The molecule has 0 saturated heterocycles. The largest absolute Gasteiger partial charge is 0.385 e. The number of Topliss-reactive ketones (excluding diaryl/α,β-unsaturated/α-hetero) is 1. The van der Waals surface area contributed by atoms with Gasteiger partial charge in [0.25, 0.3) is 0 Å². The highest BCUT2D eigenvalue weighted by atomic mass is 35.5. The normalized spacial score (nSPS) is 12.4. The molecule has 0 radical (unpaired) electrons. The number of benzene rings is 1. The van der Waals surface area contributed by atoms with Gasteiger partial charge in [0, 0.05) is 24.5 Å². The Morgan fingerprint density at radius 2 is 2.18 bits per heavy atom. The van der Waals surface area contributed by atoms with Crippen molar-refractivity contribution < 1.29 is 9.53 Å². The van der Waals surface area contributed by atoms with Crippen LogP contribution in [0.4, 0.5) is 0 Å². The van der Waals surface area contributed by atoms with Gasteiger partial charge in [-0.25, -0.2) is 0 Å².